The summed E-state index contributed by atoms with van der Waals surface area (Å²) >= 11 is 0. The second-order valence-electron chi connectivity index (χ2n) is 4.32. The third-order valence-corrected chi connectivity index (χ3v) is 3.16. The van der Waals surface area contributed by atoms with Gasteiger partial charge in [-0.15, -0.1) is 0 Å². The second-order valence-corrected chi connectivity index (χ2v) is 4.32. The molecule has 2 nitrogen and oxygen atoms in total. The van der Waals surface area contributed by atoms with Gasteiger partial charge in [0.25, 0.3) is 0 Å². The Bertz CT molecular complexity index is 670. The first-order valence-corrected chi connectivity index (χ1v) is 5.97. The van der Waals surface area contributed by atoms with Gasteiger partial charge in [0.05, 0.1) is 19.8 Å². The van der Waals surface area contributed by atoms with Gasteiger partial charge in [0.15, 0.2) is 23.3 Å². The fourth-order valence-electron chi connectivity index (χ4n) is 1.98. The van der Waals surface area contributed by atoms with Crippen LogP contribution in [-0.2, 0) is 0 Å². The molecule has 0 aliphatic rings. The highest BCUT2D eigenvalue weighted by atomic mass is 19.2. The number of halogens is 4. The number of hydrogen-bond donors (Lipinski definition) is 0. The molecule has 0 N–H and O–H groups in total. The normalized spacial score (nSPS) is 10.6. The van der Waals surface area contributed by atoms with Crippen LogP contribution in [0.2, 0.25) is 0 Å². The van der Waals surface area contributed by atoms with E-state index in [1.807, 2.05) is 0 Å². The fourth-order valence-corrected chi connectivity index (χ4v) is 1.98. The monoisotopic (exact) mass is 300 g/mol. The lowest BCUT2D eigenvalue weighted by atomic mass is 10.00. The van der Waals surface area contributed by atoms with E-state index in [1.54, 1.807) is 0 Å². The van der Waals surface area contributed by atoms with Crippen LogP contribution in [0.15, 0.2) is 18.2 Å². The largest absolute Gasteiger partial charge is 0.497 e. The molecule has 6 heteroatoms. The van der Waals surface area contributed by atoms with Crippen LogP contribution in [0.25, 0.3) is 11.1 Å². The van der Waals surface area contributed by atoms with E-state index in [4.69, 9.17) is 9.47 Å². The van der Waals surface area contributed by atoms with Crippen molar-refractivity contribution < 1.29 is 27.0 Å². The minimum atomic E-state index is -1.46. The molecule has 2 aromatic rings. The van der Waals surface area contributed by atoms with Gasteiger partial charge in [-0.3, -0.25) is 0 Å². The minimum absolute atomic E-state index is 0.0369. The standard InChI is InChI=1S/C15H12F4O2/c1-7-12(16)14(18)11(15(19)13(7)17)9-5-4-8(20-2)6-10(9)21-3/h4-6H,1-3H3. The van der Waals surface area contributed by atoms with Crippen molar-refractivity contribution in [3.8, 4) is 22.6 Å². The lowest BCUT2D eigenvalue weighted by Crippen LogP contribution is -2.04. The molecule has 112 valence electrons. The molecule has 0 atom stereocenters. The molecule has 2 rings (SSSR count). The zero-order chi connectivity index (χ0) is 15.7. The molecular formula is C15H12F4O2. The zero-order valence-electron chi connectivity index (χ0n) is 11.6. The molecule has 0 aliphatic heterocycles. The number of benzene rings is 2. The van der Waals surface area contributed by atoms with Gasteiger partial charge in [-0.05, 0) is 19.1 Å². The summed E-state index contributed by atoms with van der Waals surface area (Å²) in [6.45, 7) is 0.964. The van der Waals surface area contributed by atoms with Gasteiger partial charge in [0, 0.05) is 17.2 Å². The Labute approximate surface area is 118 Å². The predicted octanol–water partition coefficient (Wildman–Crippen LogP) is 4.24. The number of rotatable bonds is 3. The van der Waals surface area contributed by atoms with Crippen LogP contribution in [0.1, 0.15) is 5.56 Å². The lowest BCUT2D eigenvalue weighted by Gasteiger charge is -2.14. The fraction of sp³-hybridized carbons (Fsp3) is 0.200. The Kier molecular flexibility index (Phi) is 4.06. The Morgan fingerprint density at radius 1 is 0.810 bits per heavy atom. The average Bonchev–Trinajstić information content (AvgIpc) is 2.51. The SMILES string of the molecule is COc1ccc(-c2c(F)c(F)c(C)c(F)c2F)c(OC)c1. The van der Waals surface area contributed by atoms with E-state index in [2.05, 4.69) is 0 Å². The van der Waals surface area contributed by atoms with Crippen molar-refractivity contribution in [1.82, 2.24) is 0 Å². The maximum absolute atomic E-state index is 14.0. The quantitative estimate of drug-likeness (QED) is 0.623. The van der Waals surface area contributed by atoms with E-state index in [-0.39, 0.29) is 11.3 Å². The van der Waals surface area contributed by atoms with E-state index < -0.39 is 34.4 Å². The summed E-state index contributed by atoms with van der Waals surface area (Å²) in [5.74, 6) is -5.37. The molecule has 0 fully saturated rings. The van der Waals surface area contributed by atoms with Crippen molar-refractivity contribution in [2.45, 2.75) is 6.92 Å². The molecular weight excluding hydrogens is 288 g/mol. The molecule has 0 aliphatic carbocycles. The summed E-state index contributed by atoms with van der Waals surface area (Å²) in [5.41, 5.74) is -1.62. The Morgan fingerprint density at radius 3 is 1.86 bits per heavy atom. The first kappa shape index (κ1) is 15.2. The van der Waals surface area contributed by atoms with Crippen LogP contribution in [0.3, 0.4) is 0 Å². The van der Waals surface area contributed by atoms with Crippen molar-refractivity contribution in [2.75, 3.05) is 14.2 Å². The Hall–Kier alpha value is -2.24. The molecule has 0 amide bonds. The van der Waals surface area contributed by atoms with Crippen molar-refractivity contribution in [3.05, 3.63) is 47.0 Å². The predicted molar refractivity (Wildman–Crippen MR) is 69.6 cm³/mol. The smallest absolute Gasteiger partial charge is 0.170 e. The van der Waals surface area contributed by atoms with Crippen molar-refractivity contribution in [3.63, 3.8) is 0 Å². The topological polar surface area (TPSA) is 18.5 Å². The third-order valence-electron chi connectivity index (χ3n) is 3.16. The summed E-state index contributed by atoms with van der Waals surface area (Å²) in [7, 11) is 2.68. The molecule has 0 unspecified atom stereocenters. The van der Waals surface area contributed by atoms with Gasteiger partial charge >= 0.3 is 0 Å². The highest BCUT2D eigenvalue weighted by Gasteiger charge is 2.26. The van der Waals surface area contributed by atoms with Crippen molar-refractivity contribution in [2.24, 2.45) is 0 Å². The summed E-state index contributed by atoms with van der Waals surface area (Å²) in [5, 5.41) is 0. The van der Waals surface area contributed by atoms with Gasteiger partial charge < -0.3 is 9.47 Å². The van der Waals surface area contributed by atoms with Crippen LogP contribution >= 0.6 is 0 Å². The zero-order valence-corrected chi connectivity index (χ0v) is 11.6. The number of hydrogen-bond acceptors (Lipinski definition) is 2. The first-order valence-electron chi connectivity index (χ1n) is 5.97. The maximum Gasteiger partial charge on any atom is 0.170 e. The van der Waals surface area contributed by atoms with Crippen LogP contribution < -0.4 is 9.47 Å². The average molecular weight is 300 g/mol. The highest BCUT2D eigenvalue weighted by Crippen LogP contribution is 2.38. The van der Waals surface area contributed by atoms with Gasteiger partial charge in [-0.2, -0.15) is 0 Å². The first-order chi connectivity index (χ1) is 9.92. The van der Waals surface area contributed by atoms with E-state index in [0.29, 0.717) is 5.75 Å². The third kappa shape index (κ3) is 2.41. The molecule has 21 heavy (non-hydrogen) atoms. The molecule has 0 heterocycles. The van der Waals surface area contributed by atoms with Crippen LogP contribution in [-0.4, -0.2) is 14.2 Å². The maximum atomic E-state index is 14.0. The van der Waals surface area contributed by atoms with Crippen LogP contribution in [0.5, 0.6) is 11.5 Å². The Balaban J connectivity index is 2.79. The Morgan fingerprint density at radius 2 is 1.38 bits per heavy atom. The molecule has 0 aromatic heterocycles. The molecule has 0 saturated carbocycles. The number of methoxy groups -OCH3 is 2. The van der Waals surface area contributed by atoms with Gasteiger partial charge in [0.2, 0.25) is 0 Å². The molecule has 2 aromatic carbocycles. The van der Waals surface area contributed by atoms with Crippen molar-refractivity contribution >= 4 is 0 Å². The van der Waals surface area contributed by atoms with E-state index >= 15 is 0 Å². The summed E-state index contributed by atoms with van der Waals surface area (Å²) in [6.07, 6.45) is 0. The van der Waals surface area contributed by atoms with Crippen LogP contribution in [0, 0.1) is 30.2 Å². The summed E-state index contributed by atoms with van der Waals surface area (Å²) < 4.78 is 65.3. The minimum Gasteiger partial charge on any atom is -0.497 e. The van der Waals surface area contributed by atoms with E-state index in [9.17, 15) is 17.6 Å². The lowest BCUT2D eigenvalue weighted by molar-refractivity contribution is 0.394. The van der Waals surface area contributed by atoms with Crippen LogP contribution in [0.4, 0.5) is 17.6 Å². The van der Waals surface area contributed by atoms with E-state index in [1.165, 1.54) is 32.4 Å². The van der Waals surface area contributed by atoms with Gasteiger partial charge in [0.1, 0.15) is 11.5 Å². The molecule has 0 saturated heterocycles. The second kappa shape index (κ2) is 5.63. The van der Waals surface area contributed by atoms with E-state index in [0.717, 1.165) is 6.92 Å². The van der Waals surface area contributed by atoms with Gasteiger partial charge in [-0.25, -0.2) is 17.6 Å². The highest BCUT2D eigenvalue weighted by molar-refractivity contribution is 5.73. The molecule has 0 bridgehead atoms. The summed E-state index contributed by atoms with van der Waals surface area (Å²) in [4.78, 5) is 0. The summed E-state index contributed by atoms with van der Waals surface area (Å²) in [6, 6.07) is 4.05. The van der Waals surface area contributed by atoms with Crippen molar-refractivity contribution in [1.29, 1.82) is 0 Å². The van der Waals surface area contributed by atoms with Gasteiger partial charge in [-0.1, -0.05) is 0 Å². The molecule has 0 radical (unpaired) electrons. The number of ether oxygens (including phenoxy) is 2. The molecule has 0 spiro atoms.